The summed E-state index contributed by atoms with van der Waals surface area (Å²) >= 11 is 1.72. The van der Waals surface area contributed by atoms with Gasteiger partial charge in [-0.25, -0.2) is 26.0 Å². The summed E-state index contributed by atoms with van der Waals surface area (Å²) in [6.07, 6.45) is -1.33. The van der Waals surface area contributed by atoms with Gasteiger partial charge in [0.05, 0.1) is 23.1 Å². The fraction of sp³-hybridized carbons (Fsp3) is 0.333. The van der Waals surface area contributed by atoms with Crippen LogP contribution in [0.3, 0.4) is 0 Å². The van der Waals surface area contributed by atoms with Crippen LogP contribution in [-0.4, -0.2) is 36.1 Å². The van der Waals surface area contributed by atoms with E-state index in [0.717, 1.165) is 12.1 Å². The molecule has 1 unspecified atom stereocenters. The van der Waals surface area contributed by atoms with Crippen molar-refractivity contribution in [2.75, 3.05) is 16.6 Å². The van der Waals surface area contributed by atoms with Crippen molar-refractivity contribution in [3.05, 3.63) is 51.1 Å². The Hall–Kier alpha value is -1.64. The van der Waals surface area contributed by atoms with E-state index < -0.39 is 62.1 Å². The van der Waals surface area contributed by atoms with Crippen LogP contribution in [0.4, 0.5) is 34.6 Å². The van der Waals surface area contributed by atoms with Crippen molar-refractivity contribution in [1.29, 1.82) is 0 Å². The molecule has 0 heterocycles. The molecule has 1 aliphatic rings. The van der Waals surface area contributed by atoms with Crippen molar-refractivity contribution in [3.8, 4) is 0 Å². The lowest BCUT2D eigenvalue weighted by Gasteiger charge is -2.22. The molecule has 2 aromatic rings. The summed E-state index contributed by atoms with van der Waals surface area (Å²) < 4.78 is 82.6. The van der Waals surface area contributed by atoms with E-state index in [4.69, 9.17) is 5.11 Å². The molecular formula is C18H17F4IN2O4S. The number of benzene rings is 2. The van der Waals surface area contributed by atoms with Gasteiger partial charge in [-0.2, -0.15) is 0 Å². The van der Waals surface area contributed by atoms with Crippen molar-refractivity contribution in [2.24, 2.45) is 0 Å². The van der Waals surface area contributed by atoms with E-state index in [1.54, 1.807) is 22.6 Å². The Bertz CT molecular complexity index is 1080. The quantitative estimate of drug-likeness (QED) is 0.225. The van der Waals surface area contributed by atoms with Gasteiger partial charge < -0.3 is 15.5 Å². The number of hydrogen-bond acceptors (Lipinski definition) is 5. The third-order valence-corrected chi connectivity index (χ3v) is 7.88. The monoisotopic (exact) mass is 560 g/mol. The standard InChI is InChI=1S/C18H17F4IN2O4S/c19-9-1-2-14(13(23)5-9)24-17-15(22)11(20)6-12(21)16(17)25-30(28,29)18(3-4-18)7-10(27)8-26/h1-2,5-6,10,24-27H,3-4,7-8H2. The second-order valence-corrected chi connectivity index (χ2v) is 10.2. The summed E-state index contributed by atoms with van der Waals surface area (Å²) in [4.78, 5) is 0. The van der Waals surface area contributed by atoms with Crippen LogP contribution in [-0.2, 0) is 10.0 Å². The maximum absolute atomic E-state index is 14.5. The zero-order chi connectivity index (χ0) is 22.3. The molecule has 0 radical (unpaired) electrons. The van der Waals surface area contributed by atoms with Gasteiger partial charge in [-0.1, -0.05) is 0 Å². The molecule has 0 bridgehead atoms. The molecule has 0 spiro atoms. The Balaban J connectivity index is 2.02. The molecule has 1 atom stereocenters. The first-order chi connectivity index (χ1) is 14.0. The van der Waals surface area contributed by atoms with Crippen molar-refractivity contribution < 1.29 is 36.2 Å². The fourth-order valence-corrected chi connectivity index (χ4v) is 5.34. The Morgan fingerprint density at radius 2 is 1.77 bits per heavy atom. The molecule has 1 aliphatic carbocycles. The van der Waals surface area contributed by atoms with Gasteiger partial charge >= 0.3 is 0 Å². The molecule has 6 nitrogen and oxygen atoms in total. The number of nitrogens with one attached hydrogen (secondary N) is 2. The molecule has 30 heavy (non-hydrogen) atoms. The molecule has 4 N–H and O–H groups in total. The number of aliphatic hydroxyl groups excluding tert-OH is 2. The highest BCUT2D eigenvalue weighted by atomic mass is 127. The van der Waals surface area contributed by atoms with Crippen LogP contribution in [0.2, 0.25) is 0 Å². The van der Waals surface area contributed by atoms with Gasteiger partial charge in [0.25, 0.3) is 0 Å². The minimum Gasteiger partial charge on any atom is -0.394 e. The topological polar surface area (TPSA) is 98.7 Å². The largest absolute Gasteiger partial charge is 0.394 e. The first kappa shape index (κ1) is 23.0. The number of hydrogen-bond donors (Lipinski definition) is 4. The molecule has 3 rings (SSSR count). The van der Waals surface area contributed by atoms with Crippen molar-refractivity contribution >= 4 is 49.7 Å². The molecule has 1 fully saturated rings. The van der Waals surface area contributed by atoms with E-state index in [1.165, 1.54) is 6.07 Å². The van der Waals surface area contributed by atoms with E-state index in [-0.39, 0.29) is 34.6 Å². The number of halogens is 5. The number of sulfonamides is 1. The summed E-state index contributed by atoms with van der Waals surface area (Å²) in [7, 11) is -4.34. The minimum absolute atomic E-state index is 0.0955. The van der Waals surface area contributed by atoms with Crippen LogP contribution in [0.25, 0.3) is 0 Å². The summed E-state index contributed by atoms with van der Waals surface area (Å²) in [6, 6.07) is 3.54. The Morgan fingerprint density at radius 3 is 2.33 bits per heavy atom. The molecule has 1 saturated carbocycles. The minimum atomic E-state index is -4.34. The molecule has 12 heteroatoms. The summed E-state index contributed by atoms with van der Waals surface area (Å²) in [5.74, 6) is -5.04. The van der Waals surface area contributed by atoms with Crippen molar-refractivity contribution in [2.45, 2.75) is 30.1 Å². The van der Waals surface area contributed by atoms with Crippen molar-refractivity contribution in [1.82, 2.24) is 0 Å². The highest BCUT2D eigenvalue weighted by molar-refractivity contribution is 14.1. The highest BCUT2D eigenvalue weighted by Crippen LogP contribution is 2.48. The number of rotatable bonds is 8. The zero-order valence-corrected chi connectivity index (χ0v) is 18.2. The third kappa shape index (κ3) is 4.50. The molecule has 164 valence electrons. The molecule has 2 aromatic carbocycles. The molecule has 0 aromatic heterocycles. The second kappa shape index (κ2) is 8.48. The normalized spacial score (nSPS) is 16.2. The average Bonchev–Trinajstić information content (AvgIpc) is 3.45. The lowest BCUT2D eigenvalue weighted by molar-refractivity contribution is 0.0858. The predicted octanol–water partition coefficient (Wildman–Crippen LogP) is 3.61. The van der Waals surface area contributed by atoms with Crippen LogP contribution in [0.15, 0.2) is 24.3 Å². The maximum Gasteiger partial charge on any atom is 0.238 e. The van der Waals surface area contributed by atoms with E-state index in [9.17, 15) is 31.1 Å². The van der Waals surface area contributed by atoms with Crippen LogP contribution >= 0.6 is 22.6 Å². The van der Waals surface area contributed by atoms with Gasteiger partial charge in [0.2, 0.25) is 10.0 Å². The van der Waals surface area contributed by atoms with Gasteiger partial charge in [0, 0.05) is 9.64 Å². The molecule has 0 aliphatic heterocycles. The van der Waals surface area contributed by atoms with Gasteiger partial charge in [-0.05, 0) is 60.1 Å². The maximum atomic E-state index is 14.5. The van der Waals surface area contributed by atoms with Crippen LogP contribution in [0.5, 0.6) is 0 Å². The smallest absolute Gasteiger partial charge is 0.238 e. The molecule has 0 amide bonds. The molecular weight excluding hydrogens is 543 g/mol. The lowest BCUT2D eigenvalue weighted by Crippen LogP contribution is -2.34. The second-order valence-electron chi connectivity index (χ2n) is 6.98. The number of anilines is 3. The zero-order valence-electron chi connectivity index (χ0n) is 15.2. The van der Waals surface area contributed by atoms with E-state index in [2.05, 4.69) is 5.32 Å². The first-order valence-corrected chi connectivity index (χ1v) is 11.3. The summed E-state index contributed by atoms with van der Waals surface area (Å²) in [5, 5.41) is 21.0. The van der Waals surface area contributed by atoms with Gasteiger partial charge in [0.15, 0.2) is 17.5 Å². The van der Waals surface area contributed by atoms with Crippen LogP contribution in [0, 0.1) is 26.8 Å². The van der Waals surface area contributed by atoms with Crippen LogP contribution in [0.1, 0.15) is 19.3 Å². The first-order valence-electron chi connectivity index (χ1n) is 8.70. The Morgan fingerprint density at radius 1 is 1.10 bits per heavy atom. The van der Waals surface area contributed by atoms with Gasteiger partial charge in [-0.3, -0.25) is 4.72 Å². The Labute approximate surface area is 183 Å². The lowest BCUT2D eigenvalue weighted by atomic mass is 10.2. The number of aliphatic hydroxyl groups is 2. The third-order valence-electron chi connectivity index (χ3n) is 4.79. The van der Waals surface area contributed by atoms with E-state index >= 15 is 0 Å². The SMILES string of the molecule is O=S(=O)(Nc1c(F)cc(F)c(F)c1Nc1ccc(F)cc1I)C1(CC(O)CO)CC1. The predicted molar refractivity (Wildman–Crippen MR) is 111 cm³/mol. The average molecular weight is 560 g/mol. The van der Waals surface area contributed by atoms with Gasteiger partial charge in [-0.15, -0.1) is 0 Å². The van der Waals surface area contributed by atoms with Gasteiger partial charge in [0.1, 0.15) is 17.2 Å². The fourth-order valence-electron chi connectivity index (χ4n) is 3.00. The molecule has 0 saturated heterocycles. The summed E-state index contributed by atoms with van der Waals surface area (Å²) in [6.45, 7) is -0.660. The van der Waals surface area contributed by atoms with Crippen molar-refractivity contribution in [3.63, 3.8) is 0 Å². The summed E-state index contributed by atoms with van der Waals surface area (Å²) in [5.41, 5.74) is -1.56. The van der Waals surface area contributed by atoms with E-state index in [0.29, 0.717) is 0 Å². The van der Waals surface area contributed by atoms with E-state index in [1.807, 2.05) is 4.72 Å². The Kier molecular flexibility index (Phi) is 6.51. The highest BCUT2D eigenvalue weighted by Gasteiger charge is 2.55. The van der Waals surface area contributed by atoms with Crippen LogP contribution < -0.4 is 10.0 Å².